The standard InChI is InChI=1S/C23H22N4O5S.C2H6OS/c1-31-17-8-4-15(5-9-17)13-25-22-20(27(29)30)21(33-3)19(12-24)23(28)26(22)14-16-6-10-18(32-2)11-7-16;1-4(2)3/h4-11,25H,13-14H2,1-3H3;1-2H3. The molecule has 0 aliphatic carbocycles. The normalized spacial score (nSPS) is 10.2. The summed E-state index contributed by atoms with van der Waals surface area (Å²) in [5.41, 5.74) is 0.406. The van der Waals surface area contributed by atoms with Crippen LogP contribution in [-0.4, -0.2) is 46.7 Å². The van der Waals surface area contributed by atoms with Crippen LogP contribution in [0.1, 0.15) is 16.7 Å². The Morgan fingerprint density at radius 3 is 1.95 bits per heavy atom. The lowest BCUT2D eigenvalue weighted by molar-refractivity contribution is -0.387. The molecule has 0 amide bonds. The highest BCUT2D eigenvalue weighted by Gasteiger charge is 2.29. The highest BCUT2D eigenvalue weighted by Crippen LogP contribution is 2.36. The van der Waals surface area contributed by atoms with Crippen molar-refractivity contribution in [2.24, 2.45) is 0 Å². The first-order valence-electron chi connectivity index (χ1n) is 10.8. The topological polar surface area (TPSA) is 136 Å². The van der Waals surface area contributed by atoms with Gasteiger partial charge in [0.1, 0.15) is 28.0 Å². The molecule has 0 spiro atoms. The van der Waals surface area contributed by atoms with Gasteiger partial charge in [-0.15, -0.1) is 11.8 Å². The predicted molar refractivity (Wildman–Crippen MR) is 146 cm³/mol. The van der Waals surface area contributed by atoms with Crippen LogP contribution in [0.4, 0.5) is 11.5 Å². The summed E-state index contributed by atoms with van der Waals surface area (Å²) in [6.45, 7) is 0.268. The SMILES string of the molecule is COc1ccc(CNc2c([N+](=O)[O-])c(SC)c(C#N)c(=O)n2Cc2ccc(OC)cc2)cc1.CS(C)=O. The first-order chi connectivity index (χ1) is 17.7. The van der Waals surface area contributed by atoms with E-state index in [4.69, 9.17) is 9.47 Å². The molecule has 3 rings (SSSR count). The average molecular weight is 545 g/mol. The van der Waals surface area contributed by atoms with Crippen molar-refractivity contribution in [2.45, 2.75) is 18.0 Å². The maximum atomic E-state index is 13.2. The third-order valence-electron chi connectivity index (χ3n) is 5.01. The number of pyridine rings is 1. The number of benzene rings is 2. The zero-order valence-electron chi connectivity index (χ0n) is 21.1. The molecule has 0 bridgehead atoms. The minimum absolute atomic E-state index is 0.0377. The minimum Gasteiger partial charge on any atom is -0.497 e. The van der Waals surface area contributed by atoms with Crippen LogP contribution in [0.3, 0.4) is 0 Å². The molecular formula is C25H28N4O6S2. The molecule has 0 fully saturated rings. The van der Waals surface area contributed by atoms with Gasteiger partial charge < -0.3 is 14.8 Å². The Kier molecular flexibility index (Phi) is 11.2. The summed E-state index contributed by atoms with van der Waals surface area (Å²) in [4.78, 5) is 24.8. The fourth-order valence-electron chi connectivity index (χ4n) is 3.33. The molecule has 196 valence electrons. The molecule has 0 atom stereocenters. The number of thioether (sulfide) groups is 1. The first-order valence-corrected chi connectivity index (χ1v) is 14.0. The molecule has 3 aromatic rings. The van der Waals surface area contributed by atoms with E-state index in [0.717, 1.165) is 22.9 Å². The second-order valence-electron chi connectivity index (χ2n) is 7.66. The zero-order valence-corrected chi connectivity index (χ0v) is 22.8. The molecule has 0 saturated heterocycles. The number of nitro groups is 1. The number of aromatic nitrogens is 1. The van der Waals surface area contributed by atoms with Crippen LogP contribution in [0, 0.1) is 21.4 Å². The predicted octanol–water partition coefficient (Wildman–Crippen LogP) is 4.02. The third-order valence-corrected chi connectivity index (χ3v) is 5.82. The van der Waals surface area contributed by atoms with E-state index in [0.29, 0.717) is 11.5 Å². The smallest absolute Gasteiger partial charge is 0.324 e. The summed E-state index contributed by atoms with van der Waals surface area (Å²) in [5.74, 6) is 1.37. The Morgan fingerprint density at radius 1 is 1.05 bits per heavy atom. The first kappa shape index (κ1) is 29.4. The van der Waals surface area contributed by atoms with E-state index < -0.39 is 21.3 Å². The molecule has 10 nitrogen and oxygen atoms in total. The summed E-state index contributed by atoms with van der Waals surface area (Å²) in [6.07, 6.45) is 4.88. The zero-order chi connectivity index (χ0) is 27.5. The van der Waals surface area contributed by atoms with E-state index in [2.05, 4.69) is 5.32 Å². The molecule has 37 heavy (non-hydrogen) atoms. The van der Waals surface area contributed by atoms with Crippen LogP contribution >= 0.6 is 11.8 Å². The number of anilines is 1. The highest BCUT2D eigenvalue weighted by molar-refractivity contribution is 7.98. The number of ether oxygens (including phenoxy) is 2. The highest BCUT2D eigenvalue weighted by atomic mass is 32.2. The van der Waals surface area contributed by atoms with Crippen LogP contribution in [0.2, 0.25) is 0 Å². The van der Waals surface area contributed by atoms with Crippen molar-refractivity contribution >= 4 is 34.1 Å². The van der Waals surface area contributed by atoms with Crippen LogP contribution in [-0.2, 0) is 23.9 Å². The number of nitriles is 1. The lowest BCUT2D eigenvalue weighted by Crippen LogP contribution is -2.28. The Hall–Kier alpha value is -3.82. The van der Waals surface area contributed by atoms with Crippen LogP contribution < -0.4 is 20.3 Å². The monoisotopic (exact) mass is 544 g/mol. The minimum atomic E-state index is -0.611. The average Bonchev–Trinajstić information content (AvgIpc) is 2.88. The van der Waals surface area contributed by atoms with Gasteiger partial charge in [0, 0.05) is 29.9 Å². The molecule has 1 heterocycles. The molecule has 0 aliphatic heterocycles. The number of nitrogens with zero attached hydrogens (tertiary/aromatic N) is 3. The van der Waals surface area contributed by atoms with Crippen molar-refractivity contribution in [2.75, 3.05) is 38.3 Å². The van der Waals surface area contributed by atoms with Crippen LogP contribution in [0.25, 0.3) is 0 Å². The Morgan fingerprint density at radius 2 is 1.54 bits per heavy atom. The second-order valence-corrected chi connectivity index (χ2v) is 9.96. The van der Waals surface area contributed by atoms with E-state index in [1.807, 2.05) is 18.2 Å². The molecule has 0 aliphatic rings. The number of hydrogen-bond acceptors (Lipinski definition) is 9. The van der Waals surface area contributed by atoms with E-state index in [9.17, 15) is 24.4 Å². The van der Waals surface area contributed by atoms with E-state index in [1.165, 1.54) is 4.57 Å². The fraction of sp³-hybridized carbons (Fsp3) is 0.280. The van der Waals surface area contributed by atoms with Gasteiger partial charge in [-0.2, -0.15) is 5.26 Å². The molecule has 1 aromatic heterocycles. The maximum absolute atomic E-state index is 13.2. The van der Waals surface area contributed by atoms with Gasteiger partial charge in [-0.25, -0.2) is 0 Å². The molecule has 0 unspecified atom stereocenters. The summed E-state index contributed by atoms with van der Waals surface area (Å²) in [5, 5.41) is 24.7. The summed E-state index contributed by atoms with van der Waals surface area (Å²) in [7, 11) is 2.50. The van der Waals surface area contributed by atoms with Crippen molar-refractivity contribution in [3.05, 3.63) is 85.7 Å². The van der Waals surface area contributed by atoms with E-state index in [1.54, 1.807) is 69.4 Å². The van der Waals surface area contributed by atoms with Gasteiger partial charge in [-0.3, -0.25) is 23.7 Å². The second kappa shape index (κ2) is 14.1. The summed E-state index contributed by atoms with van der Waals surface area (Å²) in [6, 6.07) is 16.1. The van der Waals surface area contributed by atoms with Gasteiger partial charge in [0.05, 0.1) is 25.7 Å². The van der Waals surface area contributed by atoms with Crippen LogP contribution in [0.15, 0.2) is 58.2 Å². The Bertz CT molecular complexity index is 1350. The molecule has 12 heteroatoms. The maximum Gasteiger partial charge on any atom is 0.324 e. The number of hydrogen-bond donors (Lipinski definition) is 1. The van der Waals surface area contributed by atoms with Gasteiger partial charge >= 0.3 is 5.69 Å². The van der Waals surface area contributed by atoms with Crippen LogP contribution in [0.5, 0.6) is 11.5 Å². The molecule has 0 radical (unpaired) electrons. The van der Waals surface area contributed by atoms with E-state index >= 15 is 0 Å². The largest absolute Gasteiger partial charge is 0.497 e. The van der Waals surface area contributed by atoms with Crippen molar-refractivity contribution in [3.63, 3.8) is 0 Å². The van der Waals surface area contributed by atoms with Gasteiger partial charge in [0.15, 0.2) is 5.82 Å². The fourth-order valence-corrected chi connectivity index (χ4v) is 4.03. The van der Waals surface area contributed by atoms with E-state index in [-0.39, 0.29) is 35.1 Å². The number of nitrogens with one attached hydrogen (secondary N) is 1. The summed E-state index contributed by atoms with van der Waals surface area (Å²) >= 11 is 0.999. The summed E-state index contributed by atoms with van der Waals surface area (Å²) < 4.78 is 21.1. The van der Waals surface area contributed by atoms with Gasteiger partial charge in [-0.05, 0) is 41.6 Å². The molecule has 0 saturated carbocycles. The number of rotatable bonds is 9. The molecule has 1 N–H and O–H groups in total. The van der Waals surface area contributed by atoms with Crippen molar-refractivity contribution in [1.29, 1.82) is 5.26 Å². The van der Waals surface area contributed by atoms with Gasteiger partial charge in [0.25, 0.3) is 5.56 Å². The van der Waals surface area contributed by atoms with Crippen molar-refractivity contribution < 1.29 is 18.6 Å². The van der Waals surface area contributed by atoms with Gasteiger partial charge in [-0.1, -0.05) is 24.3 Å². The lowest BCUT2D eigenvalue weighted by Gasteiger charge is -2.18. The molecule has 2 aromatic carbocycles. The third kappa shape index (κ3) is 7.83. The van der Waals surface area contributed by atoms with Crippen molar-refractivity contribution in [3.8, 4) is 17.6 Å². The quantitative estimate of drug-likeness (QED) is 0.240. The number of methoxy groups -OCH3 is 2. The van der Waals surface area contributed by atoms with Crippen molar-refractivity contribution in [1.82, 2.24) is 4.57 Å². The Balaban J connectivity index is 0.00000112. The lowest BCUT2D eigenvalue weighted by atomic mass is 10.2. The Labute approximate surface area is 221 Å². The van der Waals surface area contributed by atoms with Gasteiger partial charge in [0.2, 0.25) is 0 Å². The molecular weight excluding hydrogens is 516 g/mol.